The Morgan fingerprint density at radius 3 is 2.32 bits per heavy atom. The first-order chi connectivity index (χ1) is 10.5. The average Bonchev–Trinajstić information content (AvgIpc) is 2.49. The molecule has 0 radical (unpaired) electrons. The molecule has 7 heteroatoms. The van der Waals surface area contributed by atoms with Gasteiger partial charge in [0.1, 0.15) is 0 Å². The first-order valence-corrected chi connectivity index (χ1v) is 8.76. The monoisotopic (exact) mass is 331 g/mol. The summed E-state index contributed by atoms with van der Waals surface area (Å²) in [7, 11) is -0.400. The molecule has 0 aliphatic carbocycles. The van der Waals surface area contributed by atoms with E-state index in [9.17, 15) is 8.42 Å². The van der Waals surface area contributed by atoms with E-state index >= 15 is 0 Å². The largest absolute Gasteiger partial charge is 0.490 e. The number of benzene rings is 1. The van der Waals surface area contributed by atoms with Crippen LogP contribution in [-0.4, -0.2) is 53.2 Å². The topological polar surface area (TPSA) is 65.1 Å². The fourth-order valence-corrected chi connectivity index (χ4v) is 3.15. The maximum absolute atomic E-state index is 12.5. The van der Waals surface area contributed by atoms with E-state index in [1.165, 1.54) is 16.4 Å². The zero-order valence-corrected chi connectivity index (χ0v) is 14.5. The number of nitrogens with zero attached hydrogens (tertiary/aromatic N) is 1. The van der Waals surface area contributed by atoms with Crippen molar-refractivity contribution in [2.75, 3.05) is 40.5 Å². The van der Waals surface area contributed by atoms with Gasteiger partial charge in [-0.25, -0.2) is 12.7 Å². The number of methoxy groups -OCH3 is 1. The van der Waals surface area contributed by atoms with Crippen LogP contribution in [0.1, 0.15) is 20.3 Å². The molecule has 0 fully saturated rings. The van der Waals surface area contributed by atoms with Gasteiger partial charge in [0.2, 0.25) is 10.0 Å². The lowest BCUT2D eigenvalue weighted by atomic mass is 10.3. The first kappa shape index (κ1) is 18.7. The summed E-state index contributed by atoms with van der Waals surface area (Å²) in [5, 5.41) is 0. The third-order valence-electron chi connectivity index (χ3n) is 3.04. The molecule has 0 N–H and O–H groups in total. The van der Waals surface area contributed by atoms with E-state index in [-0.39, 0.29) is 4.90 Å². The molecule has 0 aliphatic heterocycles. The molecule has 0 saturated heterocycles. The second-order valence-electron chi connectivity index (χ2n) is 4.65. The summed E-state index contributed by atoms with van der Waals surface area (Å²) < 4.78 is 42.3. The van der Waals surface area contributed by atoms with E-state index in [2.05, 4.69) is 0 Å². The molecule has 0 saturated carbocycles. The number of sulfonamides is 1. The Morgan fingerprint density at radius 2 is 1.73 bits per heavy atom. The van der Waals surface area contributed by atoms with Crippen molar-refractivity contribution in [3.05, 3.63) is 18.2 Å². The summed E-state index contributed by atoms with van der Waals surface area (Å²) in [4.78, 5) is 0.194. The van der Waals surface area contributed by atoms with Crippen molar-refractivity contribution >= 4 is 10.0 Å². The van der Waals surface area contributed by atoms with E-state index < -0.39 is 10.0 Å². The minimum absolute atomic E-state index is 0.194. The highest BCUT2D eigenvalue weighted by atomic mass is 32.2. The van der Waals surface area contributed by atoms with Gasteiger partial charge < -0.3 is 14.2 Å². The number of hydrogen-bond acceptors (Lipinski definition) is 5. The summed E-state index contributed by atoms with van der Waals surface area (Å²) in [5.74, 6) is 0.987. The molecule has 0 aliphatic rings. The molecular formula is C15H25NO5S. The SMILES string of the molecule is CCOc1ccc(S(=O)(=O)N(C)CCCOC)cc1OCC. The van der Waals surface area contributed by atoms with Gasteiger partial charge >= 0.3 is 0 Å². The predicted molar refractivity (Wildman–Crippen MR) is 85.1 cm³/mol. The Hall–Kier alpha value is -1.31. The van der Waals surface area contributed by atoms with Gasteiger partial charge in [-0.15, -0.1) is 0 Å². The van der Waals surface area contributed by atoms with Gasteiger partial charge in [-0.1, -0.05) is 0 Å². The molecule has 1 aromatic rings. The summed E-state index contributed by atoms with van der Waals surface area (Å²) in [6.07, 6.45) is 0.640. The van der Waals surface area contributed by atoms with Crippen molar-refractivity contribution in [2.45, 2.75) is 25.2 Å². The molecule has 1 aromatic carbocycles. The molecule has 1 rings (SSSR count). The number of hydrogen-bond donors (Lipinski definition) is 0. The summed E-state index contributed by atoms with van der Waals surface area (Å²) in [6, 6.07) is 4.68. The first-order valence-electron chi connectivity index (χ1n) is 7.32. The molecule has 0 unspecified atom stereocenters. The molecule has 126 valence electrons. The van der Waals surface area contributed by atoms with E-state index in [1.54, 1.807) is 20.2 Å². The van der Waals surface area contributed by atoms with Gasteiger partial charge in [0.05, 0.1) is 18.1 Å². The summed E-state index contributed by atoms with van der Waals surface area (Å²) >= 11 is 0. The number of rotatable bonds is 10. The van der Waals surface area contributed by atoms with E-state index in [0.717, 1.165) is 0 Å². The molecule has 22 heavy (non-hydrogen) atoms. The molecule has 0 amide bonds. The van der Waals surface area contributed by atoms with E-state index in [0.29, 0.717) is 44.3 Å². The van der Waals surface area contributed by atoms with Crippen LogP contribution in [0.3, 0.4) is 0 Å². The van der Waals surface area contributed by atoms with Crippen molar-refractivity contribution in [1.29, 1.82) is 0 Å². The molecule has 0 aromatic heterocycles. The molecule has 0 spiro atoms. The quantitative estimate of drug-likeness (QED) is 0.615. The minimum atomic E-state index is -3.55. The lowest BCUT2D eigenvalue weighted by molar-refractivity contribution is 0.189. The smallest absolute Gasteiger partial charge is 0.242 e. The van der Waals surface area contributed by atoms with Crippen LogP contribution >= 0.6 is 0 Å². The van der Waals surface area contributed by atoms with Crippen LogP contribution in [0, 0.1) is 0 Å². The van der Waals surface area contributed by atoms with Crippen LogP contribution in [0.4, 0.5) is 0 Å². The van der Waals surface area contributed by atoms with Gasteiger partial charge in [-0.3, -0.25) is 0 Å². The highest BCUT2D eigenvalue weighted by molar-refractivity contribution is 7.89. The zero-order chi connectivity index (χ0) is 16.6. The van der Waals surface area contributed by atoms with Gasteiger partial charge in [-0.2, -0.15) is 0 Å². The Labute approximate surface area is 133 Å². The molecular weight excluding hydrogens is 306 g/mol. The third-order valence-corrected chi connectivity index (χ3v) is 4.90. The van der Waals surface area contributed by atoms with Crippen LogP contribution in [0.15, 0.2) is 23.1 Å². The van der Waals surface area contributed by atoms with Crippen LogP contribution < -0.4 is 9.47 Å². The lowest BCUT2D eigenvalue weighted by Crippen LogP contribution is -2.28. The summed E-state index contributed by atoms with van der Waals surface area (Å²) in [5.41, 5.74) is 0. The highest BCUT2D eigenvalue weighted by Gasteiger charge is 2.22. The predicted octanol–water partition coefficient (Wildman–Crippen LogP) is 2.14. The molecule has 0 bridgehead atoms. The Morgan fingerprint density at radius 1 is 1.09 bits per heavy atom. The standard InChI is InChI=1S/C15H25NO5S/c1-5-20-14-9-8-13(12-15(14)21-6-2)22(17,18)16(3)10-7-11-19-4/h8-9,12H,5-7,10-11H2,1-4H3. The van der Waals surface area contributed by atoms with E-state index in [4.69, 9.17) is 14.2 Å². The van der Waals surface area contributed by atoms with Gasteiger partial charge in [-0.05, 0) is 32.4 Å². The molecule has 0 heterocycles. The van der Waals surface area contributed by atoms with Gasteiger partial charge in [0, 0.05) is 33.4 Å². The lowest BCUT2D eigenvalue weighted by Gasteiger charge is -2.18. The average molecular weight is 331 g/mol. The Kier molecular flexibility index (Phi) is 7.64. The van der Waals surface area contributed by atoms with Crippen molar-refractivity contribution in [1.82, 2.24) is 4.31 Å². The zero-order valence-electron chi connectivity index (χ0n) is 13.7. The second-order valence-corrected chi connectivity index (χ2v) is 6.69. The fraction of sp³-hybridized carbons (Fsp3) is 0.600. The highest BCUT2D eigenvalue weighted by Crippen LogP contribution is 2.31. The van der Waals surface area contributed by atoms with Gasteiger partial charge in [0.15, 0.2) is 11.5 Å². The molecule has 0 atom stereocenters. The Balaban J connectivity index is 3.00. The minimum Gasteiger partial charge on any atom is -0.490 e. The van der Waals surface area contributed by atoms with Crippen molar-refractivity contribution in [2.24, 2.45) is 0 Å². The van der Waals surface area contributed by atoms with Crippen LogP contribution in [0.2, 0.25) is 0 Å². The maximum atomic E-state index is 12.5. The van der Waals surface area contributed by atoms with Crippen LogP contribution in [0.25, 0.3) is 0 Å². The van der Waals surface area contributed by atoms with Crippen molar-refractivity contribution in [3.8, 4) is 11.5 Å². The third kappa shape index (κ3) is 4.86. The van der Waals surface area contributed by atoms with Crippen LogP contribution in [0.5, 0.6) is 11.5 Å². The summed E-state index contributed by atoms with van der Waals surface area (Å²) in [6.45, 7) is 5.55. The normalized spacial score (nSPS) is 11.7. The fourth-order valence-electron chi connectivity index (χ4n) is 1.92. The maximum Gasteiger partial charge on any atom is 0.242 e. The van der Waals surface area contributed by atoms with Crippen molar-refractivity contribution < 1.29 is 22.6 Å². The number of ether oxygens (including phenoxy) is 3. The van der Waals surface area contributed by atoms with Crippen molar-refractivity contribution in [3.63, 3.8) is 0 Å². The van der Waals surface area contributed by atoms with Gasteiger partial charge in [0.25, 0.3) is 0 Å². The van der Waals surface area contributed by atoms with E-state index in [1.807, 2.05) is 13.8 Å². The Bertz CT molecular complexity index is 559. The van der Waals surface area contributed by atoms with Crippen LogP contribution in [-0.2, 0) is 14.8 Å². The second kappa shape index (κ2) is 8.97. The molecule has 6 nitrogen and oxygen atoms in total.